The van der Waals surface area contributed by atoms with E-state index in [2.05, 4.69) is 29.9 Å². The average Bonchev–Trinajstić information content (AvgIpc) is 3.34. The van der Waals surface area contributed by atoms with Gasteiger partial charge in [0.05, 0.1) is 14.2 Å². The molecule has 4 aromatic rings. The molecule has 2 atom stereocenters. The predicted octanol–water partition coefficient (Wildman–Crippen LogP) is 2.87. The van der Waals surface area contributed by atoms with Gasteiger partial charge in [-0.05, 0) is 50.1 Å². The first-order chi connectivity index (χ1) is 18.2. The monoisotopic (exact) mass is 539 g/mol. The largest absolute Gasteiger partial charge is 0.494 e. The van der Waals surface area contributed by atoms with Gasteiger partial charge in [0.15, 0.2) is 11.6 Å². The molecule has 0 unspecified atom stereocenters. The lowest BCUT2D eigenvalue weighted by Crippen LogP contribution is -2.32. The minimum absolute atomic E-state index is 0.0115. The Balaban J connectivity index is 1.84. The van der Waals surface area contributed by atoms with Crippen LogP contribution in [-0.2, 0) is 16.4 Å². The van der Waals surface area contributed by atoms with Crippen molar-refractivity contribution in [1.29, 1.82) is 0 Å². The van der Waals surface area contributed by atoms with Gasteiger partial charge in [-0.2, -0.15) is 0 Å². The Kier molecular flexibility index (Phi) is 7.88. The number of nitrogens with one attached hydrogen (secondary N) is 1. The van der Waals surface area contributed by atoms with E-state index in [0.29, 0.717) is 29.3 Å². The minimum atomic E-state index is -4.23. The van der Waals surface area contributed by atoms with E-state index in [1.807, 2.05) is 19.1 Å². The van der Waals surface area contributed by atoms with E-state index in [1.165, 1.54) is 38.1 Å². The number of aryl methyl sites for hydroxylation is 2. The Hall–Kier alpha value is -4.10. The van der Waals surface area contributed by atoms with Crippen LogP contribution in [0.1, 0.15) is 37.0 Å². The number of benzene rings is 1. The molecule has 13 heteroatoms. The first-order valence-electron chi connectivity index (χ1n) is 11.8. The molecule has 0 fully saturated rings. The van der Waals surface area contributed by atoms with E-state index in [9.17, 15) is 13.5 Å². The van der Waals surface area contributed by atoms with Crippen LogP contribution >= 0.6 is 0 Å². The topological polar surface area (TPSA) is 154 Å². The van der Waals surface area contributed by atoms with Gasteiger partial charge >= 0.3 is 0 Å². The first-order valence-corrected chi connectivity index (χ1v) is 13.4. The highest BCUT2D eigenvalue weighted by molar-refractivity contribution is 7.93. The van der Waals surface area contributed by atoms with Crippen molar-refractivity contribution < 1.29 is 23.0 Å². The van der Waals surface area contributed by atoms with Gasteiger partial charge in [-0.1, -0.05) is 19.1 Å². The molecular weight excluding hydrogens is 510 g/mol. The van der Waals surface area contributed by atoms with Gasteiger partial charge in [-0.15, -0.1) is 10.2 Å². The molecule has 0 spiro atoms. The summed E-state index contributed by atoms with van der Waals surface area (Å²) in [4.78, 5) is 12.8. The van der Waals surface area contributed by atoms with Crippen LogP contribution in [0.3, 0.4) is 0 Å². The highest BCUT2D eigenvalue weighted by atomic mass is 32.2. The van der Waals surface area contributed by atoms with Crippen LogP contribution in [0.15, 0.2) is 48.8 Å². The molecule has 0 bridgehead atoms. The second-order valence-corrected chi connectivity index (χ2v) is 10.5. The van der Waals surface area contributed by atoms with Gasteiger partial charge in [0, 0.05) is 18.1 Å². The van der Waals surface area contributed by atoms with Crippen molar-refractivity contribution in [3.8, 4) is 28.7 Å². The third-order valence-electron chi connectivity index (χ3n) is 5.92. The smallest absolute Gasteiger partial charge is 0.243 e. The Morgan fingerprint density at radius 1 is 1.03 bits per heavy atom. The standard InChI is InChI=1S/C25H29N7O5S/c1-6-17-9-7-10-18(28-17)24-29-30-25(32(24)21-19(36-4)11-8-12-20(21)37-5)31-38(34,35)16(3)22(33)23-26-13-15(2)14-27-23/h7-14,16,22,33H,6H2,1-5H3,(H,30,31)/t16-,22-/m0/s1. The van der Waals surface area contributed by atoms with Gasteiger partial charge in [0.2, 0.25) is 16.0 Å². The van der Waals surface area contributed by atoms with Crippen LogP contribution in [-0.4, -0.2) is 62.7 Å². The molecule has 0 saturated heterocycles. The summed E-state index contributed by atoms with van der Waals surface area (Å²) in [5.74, 6) is 0.881. The summed E-state index contributed by atoms with van der Waals surface area (Å²) >= 11 is 0. The number of sulfonamides is 1. The number of rotatable bonds is 10. The quantitative estimate of drug-likeness (QED) is 0.307. The maximum absolute atomic E-state index is 13.4. The molecule has 200 valence electrons. The zero-order chi connectivity index (χ0) is 27.4. The summed E-state index contributed by atoms with van der Waals surface area (Å²) in [6, 6.07) is 10.6. The van der Waals surface area contributed by atoms with Gasteiger partial charge in [-0.3, -0.25) is 9.29 Å². The van der Waals surface area contributed by atoms with Crippen LogP contribution in [0.2, 0.25) is 0 Å². The number of hydrogen-bond acceptors (Lipinski definition) is 10. The van der Waals surface area contributed by atoms with Gasteiger partial charge in [0.25, 0.3) is 0 Å². The lowest BCUT2D eigenvalue weighted by molar-refractivity contribution is 0.166. The van der Waals surface area contributed by atoms with Gasteiger partial charge < -0.3 is 14.6 Å². The summed E-state index contributed by atoms with van der Waals surface area (Å²) in [5, 5.41) is 17.8. The molecule has 38 heavy (non-hydrogen) atoms. The van der Waals surface area contributed by atoms with Gasteiger partial charge in [0.1, 0.15) is 34.2 Å². The number of ether oxygens (including phenoxy) is 2. The fourth-order valence-corrected chi connectivity index (χ4v) is 4.77. The molecule has 12 nitrogen and oxygen atoms in total. The summed E-state index contributed by atoms with van der Waals surface area (Å²) in [6.45, 7) is 5.12. The van der Waals surface area contributed by atoms with Gasteiger partial charge in [-0.25, -0.2) is 23.4 Å². The third kappa shape index (κ3) is 5.29. The average molecular weight is 540 g/mol. The van der Waals surface area contributed by atoms with E-state index >= 15 is 0 Å². The van der Waals surface area contributed by atoms with Crippen molar-refractivity contribution >= 4 is 16.0 Å². The molecule has 0 aliphatic carbocycles. The fourth-order valence-electron chi connectivity index (χ4n) is 3.74. The van der Waals surface area contributed by atoms with E-state index in [-0.39, 0.29) is 17.6 Å². The van der Waals surface area contributed by atoms with Crippen LogP contribution in [0.25, 0.3) is 17.2 Å². The fraction of sp³-hybridized carbons (Fsp3) is 0.320. The molecule has 0 saturated carbocycles. The second-order valence-electron chi connectivity index (χ2n) is 8.48. The minimum Gasteiger partial charge on any atom is -0.494 e. The molecule has 0 aliphatic heterocycles. The highest BCUT2D eigenvalue weighted by Gasteiger charge is 2.34. The van der Waals surface area contributed by atoms with Crippen molar-refractivity contribution in [3.63, 3.8) is 0 Å². The Morgan fingerprint density at radius 3 is 2.26 bits per heavy atom. The van der Waals surface area contributed by atoms with Crippen LogP contribution in [0.5, 0.6) is 11.5 Å². The van der Waals surface area contributed by atoms with Crippen molar-refractivity contribution in [2.45, 2.75) is 38.5 Å². The van der Waals surface area contributed by atoms with Crippen LogP contribution in [0, 0.1) is 6.92 Å². The molecule has 3 aromatic heterocycles. The number of nitrogens with zero attached hydrogens (tertiary/aromatic N) is 6. The summed E-state index contributed by atoms with van der Waals surface area (Å²) in [7, 11) is -1.25. The molecule has 0 radical (unpaired) electrons. The predicted molar refractivity (Wildman–Crippen MR) is 141 cm³/mol. The lowest BCUT2D eigenvalue weighted by Gasteiger charge is -2.20. The highest BCUT2D eigenvalue weighted by Crippen LogP contribution is 2.37. The zero-order valence-electron chi connectivity index (χ0n) is 21.7. The first kappa shape index (κ1) is 26.9. The number of anilines is 1. The summed E-state index contributed by atoms with van der Waals surface area (Å²) < 4.78 is 42.0. The number of para-hydroxylation sites is 1. The molecule has 0 amide bonds. The Morgan fingerprint density at radius 2 is 1.66 bits per heavy atom. The summed E-state index contributed by atoms with van der Waals surface area (Å²) in [6.07, 6.45) is 2.21. The van der Waals surface area contributed by atoms with E-state index in [1.54, 1.807) is 31.2 Å². The molecule has 0 aliphatic rings. The molecule has 3 heterocycles. The Labute approximate surface area is 220 Å². The van der Waals surface area contributed by atoms with Crippen LogP contribution in [0.4, 0.5) is 5.95 Å². The number of methoxy groups -OCH3 is 2. The van der Waals surface area contributed by atoms with Crippen molar-refractivity contribution in [3.05, 3.63) is 65.9 Å². The molecular formula is C25H29N7O5S. The maximum atomic E-state index is 13.4. The SMILES string of the molecule is CCc1cccc(-c2nnc(NS(=O)(=O)[C@@H](C)[C@H](O)c3ncc(C)cn3)n2-c2c(OC)cccc2OC)n1. The van der Waals surface area contributed by atoms with Crippen LogP contribution < -0.4 is 14.2 Å². The van der Waals surface area contributed by atoms with E-state index in [4.69, 9.17) is 9.47 Å². The normalized spacial score (nSPS) is 13.1. The van der Waals surface area contributed by atoms with Crippen molar-refractivity contribution in [2.75, 3.05) is 18.9 Å². The van der Waals surface area contributed by atoms with E-state index in [0.717, 1.165) is 11.3 Å². The third-order valence-corrected chi connectivity index (χ3v) is 7.62. The Bertz CT molecular complexity index is 1500. The summed E-state index contributed by atoms with van der Waals surface area (Å²) in [5.41, 5.74) is 2.44. The number of pyridine rings is 1. The maximum Gasteiger partial charge on any atom is 0.243 e. The number of aliphatic hydroxyl groups excluding tert-OH is 1. The molecule has 2 N–H and O–H groups in total. The van der Waals surface area contributed by atoms with Crippen molar-refractivity contribution in [1.82, 2.24) is 29.7 Å². The molecule has 1 aromatic carbocycles. The number of hydrogen-bond donors (Lipinski definition) is 2. The van der Waals surface area contributed by atoms with Crippen molar-refractivity contribution in [2.24, 2.45) is 0 Å². The molecule has 4 rings (SSSR count). The lowest BCUT2D eigenvalue weighted by atomic mass is 10.2. The van der Waals surface area contributed by atoms with E-state index < -0.39 is 21.4 Å². The number of aromatic nitrogens is 6. The second kappa shape index (κ2) is 11.1. The number of aliphatic hydroxyl groups is 1. The zero-order valence-corrected chi connectivity index (χ0v) is 22.5.